The van der Waals surface area contributed by atoms with E-state index in [0.717, 1.165) is 5.82 Å². The molecule has 1 aliphatic heterocycles. The van der Waals surface area contributed by atoms with Gasteiger partial charge >= 0.3 is 6.18 Å². The largest absolute Gasteiger partial charge is 0.390 e. The number of amides is 1. The fourth-order valence-electron chi connectivity index (χ4n) is 4.54. The van der Waals surface area contributed by atoms with Gasteiger partial charge in [0.15, 0.2) is 11.5 Å². The number of imidazole rings is 1. The number of benzene rings is 1. The predicted molar refractivity (Wildman–Crippen MR) is 130 cm³/mol. The van der Waals surface area contributed by atoms with E-state index in [1.165, 1.54) is 12.1 Å². The molecule has 1 amide bonds. The molecule has 1 saturated heterocycles. The first-order valence-corrected chi connectivity index (χ1v) is 11.7. The van der Waals surface area contributed by atoms with Crippen LogP contribution in [0.15, 0.2) is 42.6 Å². The van der Waals surface area contributed by atoms with Crippen LogP contribution in [0.3, 0.4) is 0 Å². The maximum atomic E-state index is 13.7. The summed E-state index contributed by atoms with van der Waals surface area (Å²) in [6.07, 6.45) is -2.91. The van der Waals surface area contributed by atoms with E-state index in [-0.39, 0.29) is 12.4 Å². The summed E-state index contributed by atoms with van der Waals surface area (Å²) in [5, 5.41) is 11.9. The topological polar surface area (TPSA) is 83.6 Å². The van der Waals surface area contributed by atoms with Crippen molar-refractivity contribution in [1.29, 1.82) is 0 Å². The van der Waals surface area contributed by atoms with Crippen molar-refractivity contribution in [2.75, 3.05) is 42.9 Å². The monoisotopic (exact) mass is 516 g/mol. The number of anilines is 2. The number of nitrogens with zero attached hydrogens (tertiary/aromatic N) is 7. The molecule has 1 N–H and O–H groups in total. The van der Waals surface area contributed by atoms with E-state index < -0.39 is 12.6 Å². The fourth-order valence-corrected chi connectivity index (χ4v) is 4.54. The van der Waals surface area contributed by atoms with Crippen LogP contribution in [0.5, 0.6) is 0 Å². The van der Waals surface area contributed by atoms with Gasteiger partial charge in [-0.05, 0) is 36.4 Å². The lowest BCUT2D eigenvalue weighted by molar-refractivity contribution is -0.138. The smallest absolute Gasteiger partial charge is 0.354 e. The molecule has 194 valence electrons. The van der Waals surface area contributed by atoms with Gasteiger partial charge in [-0.15, -0.1) is 0 Å². The molecule has 4 heterocycles. The van der Waals surface area contributed by atoms with Gasteiger partial charge in [-0.2, -0.15) is 23.4 Å². The van der Waals surface area contributed by atoms with Gasteiger partial charge in [0.2, 0.25) is 6.41 Å². The average molecular weight is 517 g/mol. The molecule has 1 aliphatic rings. The number of nitrogens with one attached hydrogen (secondary N) is 1. The summed E-state index contributed by atoms with van der Waals surface area (Å²) in [6.45, 7) is 1.93. The highest BCUT2D eigenvalue weighted by molar-refractivity contribution is 5.88. The number of halogens is 4. The summed E-state index contributed by atoms with van der Waals surface area (Å²) in [4.78, 5) is 19.0. The minimum absolute atomic E-state index is 0.0353. The maximum absolute atomic E-state index is 13.7. The van der Waals surface area contributed by atoms with Crippen molar-refractivity contribution in [1.82, 2.24) is 29.3 Å². The Kier molecular flexibility index (Phi) is 6.54. The van der Waals surface area contributed by atoms with E-state index in [0.29, 0.717) is 66.6 Å². The second-order valence-corrected chi connectivity index (χ2v) is 8.78. The average Bonchev–Trinajstić information content (AvgIpc) is 3.43. The number of carbonyl (C=O) groups excluding carboxylic acids is 1. The Hall–Kier alpha value is -4.00. The van der Waals surface area contributed by atoms with Crippen LogP contribution in [-0.4, -0.2) is 74.6 Å². The molecular formula is C24H24F4N8O. The Bertz CT molecular complexity index is 1400. The van der Waals surface area contributed by atoms with Gasteiger partial charge < -0.3 is 10.2 Å². The van der Waals surface area contributed by atoms with Crippen LogP contribution in [-0.2, 0) is 11.8 Å². The molecule has 4 aromatic rings. The normalized spacial score (nSPS) is 14.9. The zero-order chi connectivity index (χ0) is 26.2. The highest BCUT2D eigenvalue weighted by Crippen LogP contribution is 2.39. The minimum Gasteiger partial charge on any atom is -0.354 e. The van der Waals surface area contributed by atoms with Crippen molar-refractivity contribution in [2.45, 2.75) is 12.6 Å². The van der Waals surface area contributed by atoms with E-state index in [1.54, 1.807) is 51.6 Å². The van der Waals surface area contributed by atoms with E-state index in [1.807, 2.05) is 0 Å². The van der Waals surface area contributed by atoms with Crippen molar-refractivity contribution in [3.8, 4) is 22.5 Å². The molecule has 1 fully saturated rings. The summed E-state index contributed by atoms with van der Waals surface area (Å²) < 4.78 is 55.0. The Morgan fingerprint density at radius 2 is 1.76 bits per heavy atom. The molecular weight excluding hydrogens is 492 g/mol. The number of fused-ring (bicyclic) bond motifs is 1. The van der Waals surface area contributed by atoms with Gasteiger partial charge in [-0.25, -0.2) is 13.9 Å². The number of carbonyl (C=O) groups is 1. The molecule has 0 radical (unpaired) electrons. The van der Waals surface area contributed by atoms with Crippen molar-refractivity contribution in [3.05, 3.63) is 48.4 Å². The van der Waals surface area contributed by atoms with E-state index in [2.05, 4.69) is 15.2 Å². The number of alkyl halides is 3. The summed E-state index contributed by atoms with van der Waals surface area (Å²) in [5.74, 6) is 0.734. The zero-order valence-electron chi connectivity index (χ0n) is 19.9. The lowest BCUT2D eigenvalue weighted by Gasteiger charge is -2.36. The second-order valence-electron chi connectivity index (χ2n) is 8.78. The van der Waals surface area contributed by atoms with Crippen LogP contribution in [0.25, 0.3) is 28.2 Å². The van der Waals surface area contributed by atoms with Crippen LogP contribution in [0.1, 0.15) is 6.42 Å². The number of hydrogen-bond donors (Lipinski definition) is 1. The van der Waals surface area contributed by atoms with Gasteiger partial charge in [0.05, 0.1) is 23.9 Å². The van der Waals surface area contributed by atoms with Crippen molar-refractivity contribution in [2.24, 2.45) is 7.05 Å². The zero-order valence-corrected chi connectivity index (χ0v) is 19.9. The quantitative estimate of drug-likeness (QED) is 0.299. The van der Waals surface area contributed by atoms with Crippen molar-refractivity contribution >= 4 is 23.7 Å². The molecule has 9 nitrogen and oxygen atoms in total. The lowest BCUT2D eigenvalue weighted by atomic mass is 10.0. The first-order chi connectivity index (χ1) is 17.7. The molecule has 0 unspecified atom stereocenters. The Labute approximate surface area is 209 Å². The third-order valence-electron chi connectivity index (χ3n) is 6.30. The number of aromatic nitrogens is 5. The molecule has 37 heavy (non-hydrogen) atoms. The van der Waals surface area contributed by atoms with Crippen LogP contribution in [0.2, 0.25) is 0 Å². The molecule has 5 rings (SSSR count). The third kappa shape index (κ3) is 5.26. The molecule has 0 saturated carbocycles. The maximum Gasteiger partial charge on any atom is 0.390 e. The lowest BCUT2D eigenvalue weighted by Crippen LogP contribution is -2.47. The van der Waals surface area contributed by atoms with Gasteiger partial charge in [0.25, 0.3) is 0 Å². The van der Waals surface area contributed by atoms with E-state index in [9.17, 15) is 22.4 Å². The highest BCUT2D eigenvalue weighted by atomic mass is 19.4. The van der Waals surface area contributed by atoms with Crippen LogP contribution < -0.4 is 10.2 Å². The summed E-state index contributed by atoms with van der Waals surface area (Å²) in [5.41, 5.74) is 3.09. The van der Waals surface area contributed by atoms with E-state index >= 15 is 0 Å². The van der Waals surface area contributed by atoms with Crippen LogP contribution in [0.4, 0.5) is 29.2 Å². The van der Waals surface area contributed by atoms with Gasteiger partial charge in [-0.1, -0.05) is 0 Å². The van der Waals surface area contributed by atoms with Crippen LogP contribution >= 0.6 is 0 Å². The summed E-state index contributed by atoms with van der Waals surface area (Å²) >= 11 is 0. The van der Waals surface area contributed by atoms with Gasteiger partial charge in [0, 0.05) is 45.3 Å². The van der Waals surface area contributed by atoms with Crippen molar-refractivity contribution in [3.63, 3.8) is 0 Å². The molecule has 13 heteroatoms. The first kappa shape index (κ1) is 24.7. The molecule has 3 aromatic heterocycles. The molecule has 0 aliphatic carbocycles. The number of piperazine rings is 1. The van der Waals surface area contributed by atoms with Crippen molar-refractivity contribution < 1.29 is 22.4 Å². The molecule has 1 aromatic carbocycles. The summed E-state index contributed by atoms with van der Waals surface area (Å²) in [6, 6.07) is 9.55. The van der Waals surface area contributed by atoms with Gasteiger partial charge in [0.1, 0.15) is 17.3 Å². The SMILES string of the molecule is Cn1nc(-c2ccc(F)cc2)c(-c2ccc3nc(NC=O)cn3n2)c1N1CCN(CCC(F)(F)F)CC1. The fraction of sp³-hybridized carbons (Fsp3) is 0.333. The first-order valence-electron chi connectivity index (χ1n) is 11.7. The minimum atomic E-state index is -4.19. The van der Waals surface area contributed by atoms with Gasteiger partial charge in [-0.3, -0.25) is 14.4 Å². The number of aryl methyl sites for hydroxylation is 1. The molecule has 0 bridgehead atoms. The second kappa shape index (κ2) is 9.81. The number of rotatable bonds is 7. The molecule has 0 atom stereocenters. The van der Waals surface area contributed by atoms with Crippen LogP contribution in [0, 0.1) is 5.82 Å². The third-order valence-corrected chi connectivity index (χ3v) is 6.30. The Balaban J connectivity index is 1.53. The Morgan fingerprint density at radius 1 is 1.03 bits per heavy atom. The Morgan fingerprint density at radius 3 is 2.43 bits per heavy atom. The predicted octanol–water partition coefficient (Wildman–Crippen LogP) is 3.58. The standard InChI is InChI=1S/C24H24F4N8O/c1-33-23(35-12-10-34(11-13-35)9-8-24(26,27)28)21(22(32-33)16-2-4-17(25)5-3-16)18-6-7-20-30-19(29-15-37)14-36(20)31-18/h2-7,14-15H,8-13H2,1H3,(H,29,37). The highest BCUT2D eigenvalue weighted by Gasteiger charge is 2.31. The number of hydrogen-bond acceptors (Lipinski definition) is 6. The summed E-state index contributed by atoms with van der Waals surface area (Å²) in [7, 11) is 1.80. The molecule has 0 spiro atoms. The van der Waals surface area contributed by atoms with E-state index in [4.69, 9.17) is 10.2 Å².